The molecule has 0 saturated heterocycles. The molecule has 0 saturated carbocycles. The molecular weight excluding hydrogens is 274 g/mol. The fourth-order valence-corrected chi connectivity index (χ4v) is 3.41. The summed E-state index contributed by atoms with van der Waals surface area (Å²) in [6, 6.07) is 12.7. The topological polar surface area (TPSA) is 44.5 Å². The van der Waals surface area contributed by atoms with E-state index in [1.54, 1.807) is 14.2 Å². The molecule has 0 fully saturated rings. The lowest BCUT2D eigenvalue weighted by Gasteiger charge is -2.27. The molecule has 1 aliphatic carbocycles. The highest BCUT2D eigenvalue weighted by Crippen LogP contribution is 2.36. The molecule has 0 amide bonds. The highest BCUT2D eigenvalue weighted by molar-refractivity contribution is 5.43. The second-order valence-corrected chi connectivity index (χ2v) is 5.84. The molecule has 2 aromatic carbocycles. The summed E-state index contributed by atoms with van der Waals surface area (Å²) in [5, 5.41) is 0. The third-order valence-corrected chi connectivity index (χ3v) is 4.65. The molecule has 2 N–H and O–H groups in total. The highest BCUT2D eigenvalue weighted by atomic mass is 16.5. The quantitative estimate of drug-likeness (QED) is 0.940. The van der Waals surface area contributed by atoms with E-state index >= 15 is 0 Å². The van der Waals surface area contributed by atoms with Gasteiger partial charge in [-0.1, -0.05) is 12.1 Å². The Balaban J connectivity index is 1.88. The van der Waals surface area contributed by atoms with Gasteiger partial charge in [0.15, 0.2) is 0 Å². The zero-order valence-electron chi connectivity index (χ0n) is 13.3. The van der Waals surface area contributed by atoms with Crippen molar-refractivity contribution in [3.05, 3.63) is 58.7 Å². The van der Waals surface area contributed by atoms with Crippen LogP contribution < -0.4 is 15.2 Å². The summed E-state index contributed by atoms with van der Waals surface area (Å²) in [6.07, 6.45) is 3.31. The number of aryl methyl sites for hydroxylation is 1. The zero-order chi connectivity index (χ0) is 15.5. The van der Waals surface area contributed by atoms with Gasteiger partial charge in [-0.2, -0.15) is 0 Å². The van der Waals surface area contributed by atoms with E-state index in [1.807, 2.05) is 6.07 Å². The Hall–Kier alpha value is -2.00. The van der Waals surface area contributed by atoms with Gasteiger partial charge >= 0.3 is 0 Å². The van der Waals surface area contributed by atoms with Crippen LogP contribution in [0.15, 0.2) is 36.4 Å². The molecular formula is C19H23NO2. The number of fused-ring (bicyclic) bond motifs is 1. The predicted molar refractivity (Wildman–Crippen MR) is 88.6 cm³/mol. The van der Waals surface area contributed by atoms with Crippen molar-refractivity contribution in [3.63, 3.8) is 0 Å². The summed E-state index contributed by atoms with van der Waals surface area (Å²) in [4.78, 5) is 0. The number of ether oxygens (including phenoxy) is 2. The van der Waals surface area contributed by atoms with Crippen LogP contribution in [-0.2, 0) is 19.4 Å². The van der Waals surface area contributed by atoms with Crippen molar-refractivity contribution < 1.29 is 9.47 Å². The van der Waals surface area contributed by atoms with Gasteiger partial charge in [-0.3, -0.25) is 0 Å². The van der Waals surface area contributed by atoms with Gasteiger partial charge in [-0.25, -0.2) is 0 Å². The maximum atomic E-state index is 5.94. The Bertz CT molecular complexity index is 666. The summed E-state index contributed by atoms with van der Waals surface area (Å²) in [5.74, 6) is 2.36. The molecule has 0 bridgehead atoms. The van der Waals surface area contributed by atoms with Gasteiger partial charge in [-0.05, 0) is 71.7 Å². The summed E-state index contributed by atoms with van der Waals surface area (Å²) >= 11 is 0. The average Bonchev–Trinajstić information content (AvgIpc) is 2.60. The fourth-order valence-electron chi connectivity index (χ4n) is 3.41. The molecule has 0 heterocycles. The minimum absolute atomic E-state index is 0.533. The number of hydrogen-bond donors (Lipinski definition) is 1. The van der Waals surface area contributed by atoms with E-state index in [0.29, 0.717) is 12.5 Å². The van der Waals surface area contributed by atoms with Crippen LogP contribution >= 0.6 is 0 Å². The largest absolute Gasteiger partial charge is 0.497 e. The Labute approximate surface area is 132 Å². The third-order valence-electron chi connectivity index (χ3n) is 4.65. The number of rotatable bonds is 4. The van der Waals surface area contributed by atoms with Crippen LogP contribution in [0.1, 0.15) is 34.6 Å². The van der Waals surface area contributed by atoms with Crippen LogP contribution in [-0.4, -0.2) is 14.2 Å². The molecule has 1 atom stereocenters. The molecule has 0 aliphatic heterocycles. The van der Waals surface area contributed by atoms with E-state index in [1.165, 1.54) is 22.3 Å². The van der Waals surface area contributed by atoms with Gasteiger partial charge in [0.05, 0.1) is 14.2 Å². The van der Waals surface area contributed by atoms with E-state index in [2.05, 4.69) is 30.3 Å². The predicted octanol–water partition coefficient (Wildman–Crippen LogP) is 3.44. The molecule has 22 heavy (non-hydrogen) atoms. The van der Waals surface area contributed by atoms with E-state index in [4.69, 9.17) is 15.2 Å². The summed E-state index contributed by atoms with van der Waals surface area (Å²) in [7, 11) is 3.41. The summed E-state index contributed by atoms with van der Waals surface area (Å²) < 4.78 is 10.6. The molecule has 0 spiro atoms. The standard InChI is InChI=1S/C19H23NO2/c1-21-17-6-5-13-9-15(4-3-14(13)10-17)19-8-7-18(22-2)11-16(19)12-20/h5-8,10-11,15H,3-4,9,12,20H2,1-2H3. The molecule has 3 heteroatoms. The average molecular weight is 297 g/mol. The van der Waals surface area contributed by atoms with Gasteiger partial charge in [-0.15, -0.1) is 0 Å². The Morgan fingerprint density at radius 1 is 1.00 bits per heavy atom. The number of nitrogens with two attached hydrogens (primary N) is 1. The monoisotopic (exact) mass is 297 g/mol. The first-order chi connectivity index (χ1) is 10.7. The first kappa shape index (κ1) is 14.9. The van der Waals surface area contributed by atoms with Crippen LogP contribution in [0.4, 0.5) is 0 Å². The van der Waals surface area contributed by atoms with Crippen LogP contribution in [0.5, 0.6) is 11.5 Å². The van der Waals surface area contributed by atoms with Gasteiger partial charge < -0.3 is 15.2 Å². The Morgan fingerprint density at radius 2 is 1.73 bits per heavy atom. The summed E-state index contributed by atoms with van der Waals surface area (Å²) in [6.45, 7) is 0.554. The minimum atomic E-state index is 0.533. The van der Waals surface area contributed by atoms with Crippen molar-refractivity contribution in [1.82, 2.24) is 0 Å². The first-order valence-corrected chi connectivity index (χ1v) is 7.77. The molecule has 3 nitrogen and oxygen atoms in total. The molecule has 0 aromatic heterocycles. The van der Waals surface area contributed by atoms with Gasteiger partial charge in [0.2, 0.25) is 0 Å². The van der Waals surface area contributed by atoms with E-state index in [9.17, 15) is 0 Å². The van der Waals surface area contributed by atoms with Crippen molar-refractivity contribution >= 4 is 0 Å². The van der Waals surface area contributed by atoms with Crippen LogP contribution in [0.25, 0.3) is 0 Å². The lowest BCUT2D eigenvalue weighted by atomic mass is 9.78. The molecule has 3 rings (SSSR count). The molecule has 116 valence electrons. The third kappa shape index (κ3) is 2.81. The van der Waals surface area contributed by atoms with Gasteiger partial charge in [0, 0.05) is 6.54 Å². The van der Waals surface area contributed by atoms with Crippen LogP contribution in [0, 0.1) is 0 Å². The molecule has 0 radical (unpaired) electrons. The van der Waals surface area contributed by atoms with Crippen molar-refractivity contribution in [1.29, 1.82) is 0 Å². The molecule has 2 aromatic rings. The van der Waals surface area contributed by atoms with E-state index < -0.39 is 0 Å². The molecule has 1 unspecified atom stereocenters. The number of hydrogen-bond acceptors (Lipinski definition) is 3. The number of benzene rings is 2. The normalized spacial score (nSPS) is 17.0. The lowest BCUT2D eigenvalue weighted by Crippen LogP contribution is -2.15. The first-order valence-electron chi connectivity index (χ1n) is 7.77. The zero-order valence-corrected chi connectivity index (χ0v) is 13.3. The lowest BCUT2D eigenvalue weighted by molar-refractivity contribution is 0.412. The second-order valence-electron chi connectivity index (χ2n) is 5.84. The smallest absolute Gasteiger partial charge is 0.119 e. The van der Waals surface area contributed by atoms with E-state index in [0.717, 1.165) is 30.8 Å². The Kier molecular flexibility index (Phi) is 4.34. The van der Waals surface area contributed by atoms with Crippen molar-refractivity contribution in [2.45, 2.75) is 31.7 Å². The second kappa shape index (κ2) is 6.41. The highest BCUT2D eigenvalue weighted by Gasteiger charge is 2.22. The summed E-state index contributed by atoms with van der Waals surface area (Å²) in [5.41, 5.74) is 11.3. The minimum Gasteiger partial charge on any atom is -0.497 e. The van der Waals surface area contributed by atoms with Gasteiger partial charge in [0.25, 0.3) is 0 Å². The Morgan fingerprint density at radius 3 is 2.45 bits per heavy atom. The van der Waals surface area contributed by atoms with Crippen LogP contribution in [0.2, 0.25) is 0 Å². The maximum Gasteiger partial charge on any atom is 0.119 e. The SMILES string of the molecule is COc1ccc2c(c1)CCC(c1ccc(OC)cc1CN)C2. The van der Waals surface area contributed by atoms with Crippen molar-refractivity contribution in [2.75, 3.05) is 14.2 Å². The fraction of sp³-hybridized carbons (Fsp3) is 0.368. The van der Waals surface area contributed by atoms with Crippen molar-refractivity contribution in [3.8, 4) is 11.5 Å². The van der Waals surface area contributed by atoms with Crippen molar-refractivity contribution in [2.24, 2.45) is 5.73 Å². The van der Waals surface area contributed by atoms with Crippen LogP contribution in [0.3, 0.4) is 0 Å². The van der Waals surface area contributed by atoms with Gasteiger partial charge in [0.1, 0.15) is 11.5 Å². The maximum absolute atomic E-state index is 5.94. The van der Waals surface area contributed by atoms with E-state index in [-0.39, 0.29) is 0 Å². The molecule has 1 aliphatic rings. The number of methoxy groups -OCH3 is 2.